The molecule has 16 heavy (non-hydrogen) atoms. The lowest BCUT2D eigenvalue weighted by Crippen LogP contribution is -1.88. The molecule has 0 fully saturated rings. The molecule has 1 heterocycles. The molecule has 0 aliphatic heterocycles. The van der Waals surface area contributed by atoms with Gasteiger partial charge in [0.1, 0.15) is 5.82 Å². The van der Waals surface area contributed by atoms with Crippen molar-refractivity contribution in [1.29, 1.82) is 0 Å². The second-order valence-corrected chi connectivity index (χ2v) is 3.64. The van der Waals surface area contributed by atoms with E-state index in [1.807, 2.05) is 0 Å². The molecule has 2 aromatic rings. The topological polar surface area (TPSA) is 12.9 Å². The smallest absolute Gasteiger partial charge is 0.132 e. The molecule has 3 heteroatoms. The molecule has 0 spiro atoms. The van der Waals surface area contributed by atoms with E-state index in [0.717, 1.165) is 0 Å². The van der Waals surface area contributed by atoms with E-state index in [1.54, 1.807) is 12.1 Å². The van der Waals surface area contributed by atoms with Crippen LogP contribution in [-0.4, -0.2) is 4.98 Å². The summed E-state index contributed by atoms with van der Waals surface area (Å²) in [5, 5.41) is 0.472. The van der Waals surface area contributed by atoms with Crippen molar-refractivity contribution in [1.82, 2.24) is 4.98 Å². The fourth-order valence-electron chi connectivity index (χ4n) is 1.33. The Kier molecular flexibility index (Phi) is 2.89. The standard InChI is InChI=1S/C13H7ClFN/c1-2-9-3-6-13(16-8-9)11-7-10(14)4-5-12(11)15/h1,3-8H. The largest absolute Gasteiger partial charge is 0.255 e. The summed E-state index contributed by atoms with van der Waals surface area (Å²) in [5.74, 6) is 2.09. The predicted octanol–water partition coefficient (Wildman–Crippen LogP) is 3.52. The zero-order valence-electron chi connectivity index (χ0n) is 8.24. The quantitative estimate of drug-likeness (QED) is 0.685. The van der Waals surface area contributed by atoms with Gasteiger partial charge in [0.25, 0.3) is 0 Å². The molecule has 0 unspecified atom stereocenters. The van der Waals surface area contributed by atoms with E-state index in [-0.39, 0.29) is 5.82 Å². The van der Waals surface area contributed by atoms with Crippen LogP contribution < -0.4 is 0 Å². The predicted molar refractivity (Wildman–Crippen MR) is 62.6 cm³/mol. The van der Waals surface area contributed by atoms with Gasteiger partial charge in [-0.3, -0.25) is 4.98 Å². The minimum Gasteiger partial charge on any atom is -0.255 e. The van der Waals surface area contributed by atoms with Gasteiger partial charge in [-0.1, -0.05) is 17.5 Å². The molecule has 0 radical (unpaired) electrons. The average molecular weight is 232 g/mol. The van der Waals surface area contributed by atoms with E-state index >= 15 is 0 Å². The summed E-state index contributed by atoms with van der Waals surface area (Å²) < 4.78 is 13.5. The van der Waals surface area contributed by atoms with E-state index in [2.05, 4.69) is 10.9 Å². The highest BCUT2D eigenvalue weighted by molar-refractivity contribution is 6.30. The van der Waals surface area contributed by atoms with Crippen molar-refractivity contribution < 1.29 is 4.39 Å². The average Bonchev–Trinajstić information content (AvgIpc) is 2.32. The molecule has 1 aromatic heterocycles. The summed E-state index contributed by atoms with van der Waals surface area (Å²) in [6.45, 7) is 0. The van der Waals surface area contributed by atoms with Crippen LogP contribution in [0.3, 0.4) is 0 Å². The Morgan fingerprint density at radius 2 is 2.06 bits per heavy atom. The maximum absolute atomic E-state index is 13.5. The Morgan fingerprint density at radius 1 is 1.25 bits per heavy atom. The zero-order valence-corrected chi connectivity index (χ0v) is 9.00. The van der Waals surface area contributed by atoms with Gasteiger partial charge in [-0.15, -0.1) is 6.42 Å². The van der Waals surface area contributed by atoms with Gasteiger partial charge < -0.3 is 0 Å². The molecule has 0 bridgehead atoms. The van der Waals surface area contributed by atoms with Crippen molar-refractivity contribution in [2.45, 2.75) is 0 Å². The second kappa shape index (κ2) is 4.34. The zero-order chi connectivity index (χ0) is 11.5. The van der Waals surface area contributed by atoms with E-state index in [4.69, 9.17) is 18.0 Å². The number of rotatable bonds is 1. The van der Waals surface area contributed by atoms with Crippen LogP contribution in [0.4, 0.5) is 4.39 Å². The number of aromatic nitrogens is 1. The number of pyridine rings is 1. The van der Waals surface area contributed by atoms with Crippen LogP contribution in [0.25, 0.3) is 11.3 Å². The number of terminal acetylenes is 1. The summed E-state index contributed by atoms with van der Waals surface area (Å²) in [7, 11) is 0. The monoisotopic (exact) mass is 231 g/mol. The lowest BCUT2D eigenvalue weighted by atomic mass is 10.1. The number of hydrogen-bond donors (Lipinski definition) is 0. The molecule has 0 amide bonds. The van der Waals surface area contributed by atoms with Crippen molar-refractivity contribution in [2.75, 3.05) is 0 Å². The van der Waals surface area contributed by atoms with Crippen LogP contribution in [0.1, 0.15) is 5.56 Å². The Hall–Kier alpha value is -1.85. The SMILES string of the molecule is C#Cc1ccc(-c2cc(Cl)ccc2F)nc1. The molecule has 0 atom stereocenters. The third-order valence-corrected chi connectivity index (χ3v) is 2.37. The third-order valence-electron chi connectivity index (χ3n) is 2.13. The Bertz CT molecular complexity index is 555. The third kappa shape index (κ3) is 2.05. The molecular formula is C13H7ClFN. The maximum atomic E-state index is 13.5. The van der Waals surface area contributed by atoms with Gasteiger partial charge in [0, 0.05) is 22.3 Å². The number of benzene rings is 1. The first-order chi connectivity index (χ1) is 7.70. The molecule has 0 saturated heterocycles. The van der Waals surface area contributed by atoms with Crippen LogP contribution in [0.2, 0.25) is 5.02 Å². The summed E-state index contributed by atoms with van der Waals surface area (Å²) >= 11 is 5.80. The first-order valence-electron chi connectivity index (χ1n) is 4.59. The highest BCUT2D eigenvalue weighted by atomic mass is 35.5. The van der Waals surface area contributed by atoms with Gasteiger partial charge in [0.2, 0.25) is 0 Å². The highest BCUT2D eigenvalue weighted by Crippen LogP contribution is 2.24. The van der Waals surface area contributed by atoms with Gasteiger partial charge in [0.15, 0.2) is 0 Å². The number of halogens is 2. The first kappa shape index (κ1) is 10.7. The van der Waals surface area contributed by atoms with Crippen molar-refractivity contribution in [3.05, 3.63) is 52.9 Å². The molecule has 2 rings (SSSR count). The second-order valence-electron chi connectivity index (χ2n) is 3.20. The fourth-order valence-corrected chi connectivity index (χ4v) is 1.50. The minimum absolute atomic E-state index is 0.356. The van der Waals surface area contributed by atoms with Crippen molar-refractivity contribution >= 4 is 11.6 Å². The summed E-state index contributed by atoms with van der Waals surface area (Å²) in [6.07, 6.45) is 6.73. The lowest BCUT2D eigenvalue weighted by Gasteiger charge is -2.03. The highest BCUT2D eigenvalue weighted by Gasteiger charge is 2.06. The van der Waals surface area contributed by atoms with E-state index < -0.39 is 0 Å². The van der Waals surface area contributed by atoms with Crippen LogP contribution in [0, 0.1) is 18.2 Å². The molecule has 1 nitrogen and oxygen atoms in total. The van der Waals surface area contributed by atoms with Crippen molar-refractivity contribution in [2.24, 2.45) is 0 Å². The summed E-state index contributed by atoms with van der Waals surface area (Å²) in [4.78, 5) is 4.08. The van der Waals surface area contributed by atoms with Crippen LogP contribution in [0.5, 0.6) is 0 Å². The summed E-state index contributed by atoms with van der Waals surface area (Å²) in [5.41, 5.74) is 1.54. The van der Waals surface area contributed by atoms with Gasteiger partial charge in [-0.25, -0.2) is 4.39 Å². The molecule has 0 aliphatic rings. The number of nitrogens with zero attached hydrogens (tertiary/aromatic N) is 1. The van der Waals surface area contributed by atoms with Crippen LogP contribution in [0.15, 0.2) is 36.5 Å². The Morgan fingerprint density at radius 3 is 2.69 bits per heavy atom. The maximum Gasteiger partial charge on any atom is 0.132 e. The summed E-state index contributed by atoms with van der Waals surface area (Å²) in [6, 6.07) is 7.73. The van der Waals surface area contributed by atoms with Gasteiger partial charge >= 0.3 is 0 Å². The van der Waals surface area contributed by atoms with Crippen LogP contribution >= 0.6 is 11.6 Å². The van der Waals surface area contributed by atoms with Crippen molar-refractivity contribution in [3.63, 3.8) is 0 Å². The molecule has 1 aromatic carbocycles. The van der Waals surface area contributed by atoms with Gasteiger partial charge in [-0.2, -0.15) is 0 Å². The minimum atomic E-state index is -0.356. The van der Waals surface area contributed by atoms with E-state index in [9.17, 15) is 4.39 Å². The van der Waals surface area contributed by atoms with E-state index in [1.165, 1.54) is 24.4 Å². The molecule has 0 N–H and O–H groups in total. The number of hydrogen-bond acceptors (Lipinski definition) is 1. The Balaban J connectivity index is 2.50. The van der Waals surface area contributed by atoms with Crippen molar-refractivity contribution in [3.8, 4) is 23.6 Å². The fraction of sp³-hybridized carbons (Fsp3) is 0. The normalized spacial score (nSPS) is 9.81. The first-order valence-corrected chi connectivity index (χ1v) is 4.96. The molecule has 78 valence electrons. The molecular weight excluding hydrogens is 225 g/mol. The van der Waals surface area contributed by atoms with Gasteiger partial charge in [-0.05, 0) is 30.3 Å². The molecule has 0 aliphatic carbocycles. The van der Waals surface area contributed by atoms with Crippen LogP contribution in [-0.2, 0) is 0 Å². The van der Waals surface area contributed by atoms with Gasteiger partial charge in [0.05, 0.1) is 5.69 Å². The van der Waals surface area contributed by atoms with E-state index in [0.29, 0.717) is 21.8 Å². The molecule has 0 saturated carbocycles. The lowest BCUT2D eigenvalue weighted by molar-refractivity contribution is 0.631. The Labute approximate surface area is 97.9 Å².